The first-order valence-corrected chi connectivity index (χ1v) is 6.78. The Labute approximate surface area is 131 Å². The summed E-state index contributed by atoms with van der Waals surface area (Å²) in [5, 5.41) is 1.58. The molecule has 0 saturated heterocycles. The van der Waals surface area contributed by atoms with Crippen LogP contribution in [0.5, 0.6) is 5.75 Å². The van der Waals surface area contributed by atoms with Gasteiger partial charge in [-0.25, -0.2) is 4.79 Å². The summed E-state index contributed by atoms with van der Waals surface area (Å²) in [5.74, 6) is -0.0791. The number of carbonyl (C=O) groups is 1. The van der Waals surface area contributed by atoms with Gasteiger partial charge in [-0.15, -0.1) is 0 Å². The summed E-state index contributed by atoms with van der Waals surface area (Å²) in [5.41, 5.74) is 0.684. The lowest BCUT2D eigenvalue weighted by Crippen LogP contribution is -2.03. The molecule has 0 aliphatic rings. The first kappa shape index (κ1) is 14.9. The van der Waals surface area contributed by atoms with Crippen molar-refractivity contribution in [3.05, 3.63) is 69.2 Å². The molecule has 2 nitrogen and oxygen atoms in total. The summed E-state index contributed by atoms with van der Waals surface area (Å²) in [7, 11) is 0. The van der Waals surface area contributed by atoms with Gasteiger partial charge in [-0.2, -0.15) is 0 Å². The van der Waals surface area contributed by atoms with Gasteiger partial charge >= 0.3 is 5.97 Å². The van der Waals surface area contributed by atoms with Crippen LogP contribution < -0.4 is 4.74 Å². The minimum absolute atomic E-state index is 0.422. The van der Waals surface area contributed by atoms with Gasteiger partial charge < -0.3 is 4.74 Å². The van der Waals surface area contributed by atoms with Gasteiger partial charge in [-0.3, -0.25) is 0 Å². The SMILES string of the molecule is O=C(/C=C/c1ccc(Cl)cc1Cl)Oc1ccc(Cl)cc1. The Hall–Kier alpha value is -1.48. The third kappa shape index (κ3) is 4.27. The van der Waals surface area contributed by atoms with Gasteiger partial charge in [0.2, 0.25) is 0 Å². The van der Waals surface area contributed by atoms with E-state index in [2.05, 4.69) is 0 Å². The Balaban J connectivity index is 2.03. The molecule has 5 heteroatoms. The molecule has 0 radical (unpaired) electrons. The summed E-state index contributed by atoms with van der Waals surface area (Å²) in [4.78, 5) is 11.6. The minimum atomic E-state index is -0.502. The van der Waals surface area contributed by atoms with Gasteiger partial charge in [0.25, 0.3) is 0 Å². The molecule has 0 aliphatic heterocycles. The summed E-state index contributed by atoms with van der Waals surface area (Å²) in [6, 6.07) is 11.5. The molecule has 0 amide bonds. The minimum Gasteiger partial charge on any atom is -0.423 e. The number of esters is 1. The van der Waals surface area contributed by atoms with Crippen LogP contribution in [-0.2, 0) is 4.79 Å². The number of benzene rings is 2. The quantitative estimate of drug-likeness (QED) is 0.436. The summed E-state index contributed by atoms with van der Waals surface area (Å²) in [6.07, 6.45) is 2.86. The van der Waals surface area contributed by atoms with Gasteiger partial charge in [0, 0.05) is 21.1 Å². The second-order valence-electron chi connectivity index (χ2n) is 3.87. The molecule has 0 N–H and O–H groups in total. The maximum absolute atomic E-state index is 11.6. The Kier molecular flexibility index (Phi) is 5.07. The van der Waals surface area contributed by atoms with E-state index in [0.29, 0.717) is 26.4 Å². The monoisotopic (exact) mass is 326 g/mol. The first-order chi connectivity index (χ1) is 9.54. The van der Waals surface area contributed by atoms with Gasteiger partial charge in [-0.05, 0) is 48.0 Å². The lowest BCUT2D eigenvalue weighted by molar-refractivity contribution is -0.128. The molecule has 102 valence electrons. The molecular formula is C15H9Cl3O2. The molecule has 2 aromatic rings. The Morgan fingerprint density at radius 3 is 2.25 bits per heavy atom. The van der Waals surface area contributed by atoms with Crippen molar-refractivity contribution in [1.29, 1.82) is 0 Å². The van der Waals surface area contributed by atoms with E-state index in [9.17, 15) is 4.79 Å². The van der Waals surface area contributed by atoms with Crippen molar-refractivity contribution in [3.63, 3.8) is 0 Å². The summed E-state index contributed by atoms with van der Waals surface area (Å²) in [6.45, 7) is 0. The zero-order valence-corrected chi connectivity index (χ0v) is 12.4. The third-order valence-electron chi connectivity index (χ3n) is 2.39. The molecule has 0 aliphatic carbocycles. The average molecular weight is 328 g/mol. The van der Waals surface area contributed by atoms with Crippen LogP contribution in [0.3, 0.4) is 0 Å². The van der Waals surface area contributed by atoms with E-state index >= 15 is 0 Å². The van der Waals surface area contributed by atoms with Gasteiger partial charge in [0.1, 0.15) is 5.75 Å². The molecule has 0 bridgehead atoms. The van der Waals surface area contributed by atoms with Crippen LogP contribution in [0.4, 0.5) is 0 Å². The van der Waals surface area contributed by atoms with Crippen LogP contribution in [-0.4, -0.2) is 5.97 Å². The Morgan fingerprint density at radius 1 is 0.950 bits per heavy atom. The lowest BCUT2D eigenvalue weighted by Gasteiger charge is -2.01. The molecule has 0 aromatic heterocycles. The standard InChI is InChI=1S/C15H9Cl3O2/c16-11-4-6-13(7-5-11)20-15(19)8-2-10-1-3-12(17)9-14(10)18/h1-9H/b8-2+. The van der Waals surface area contributed by atoms with Crippen LogP contribution >= 0.6 is 34.8 Å². The van der Waals surface area contributed by atoms with Crippen molar-refractivity contribution >= 4 is 46.8 Å². The number of ether oxygens (including phenoxy) is 1. The fraction of sp³-hybridized carbons (Fsp3) is 0. The van der Waals surface area contributed by atoms with Crippen LogP contribution in [0.15, 0.2) is 48.5 Å². The highest BCUT2D eigenvalue weighted by Gasteiger charge is 2.02. The van der Waals surface area contributed by atoms with Crippen molar-refractivity contribution in [3.8, 4) is 5.75 Å². The van der Waals surface area contributed by atoms with Gasteiger partial charge in [-0.1, -0.05) is 40.9 Å². The van der Waals surface area contributed by atoms with E-state index in [-0.39, 0.29) is 0 Å². The highest BCUT2D eigenvalue weighted by molar-refractivity contribution is 6.35. The molecule has 0 fully saturated rings. The second kappa shape index (κ2) is 6.80. The average Bonchev–Trinajstić information content (AvgIpc) is 2.40. The Bertz CT molecular complexity index is 649. The molecule has 2 rings (SSSR count). The zero-order valence-electron chi connectivity index (χ0n) is 10.1. The van der Waals surface area contributed by atoms with Crippen molar-refractivity contribution in [2.45, 2.75) is 0 Å². The van der Waals surface area contributed by atoms with E-state index in [4.69, 9.17) is 39.5 Å². The number of hydrogen-bond acceptors (Lipinski definition) is 2. The molecule has 0 atom stereocenters. The van der Waals surface area contributed by atoms with Crippen molar-refractivity contribution in [2.75, 3.05) is 0 Å². The van der Waals surface area contributed by atoms with E-state index < -0.39 is 5.97 Å². The molecular weight excluding hydrogens is 319 g/mol. The maximum atomic E-state index is 11.6. The molecule has 0 unspecified atom stereocenters. The highest BCUT2D eigenvalue weighted by atomic mass is 35.5. The number of halogens is 3. The van der Waals surface area contributed by atoms with E-state index in [1.54, 1.807) is 48.5 Å². The second-order valence-corrected chi connectivity index (χ2v) is 5.15. The van der Waals surface area contributed by atoms with Gasteiger partial charge in [0.15, 0.2) is 0 Å². The van der Waals surface area contributed by atoms with Crippen LogP contribution in [0, 0.1) is 0 Å². The first-order valence-electron chi connectivity index (χ1n) is 5.65. The fourth-order valence-electron chi connectivity index (χ4n) is 1.45. The summed E-state index contributed by atoms with van der Waals surface area (Å²) < 4.78 is 5.10. The Morgan fingerprint density at radius 2 is 1.60 bits per heavy atom. The number of rotatable bonds is 3. The summed E-state index contributed by atoms with van der Waals surface area (Å²) >= 11 is 17.5. The van der Waals surface area contributed by atoms with Crippen molar-refractivity contribution in [1.82, 2.24) is 0 Å². The lowest BCUT2D eigenvalue weighted by atomic mass is 10.2. The van der Waals surface area contributed by atoms with Gasteiger partial charge in [0.05, 0.1) is 0 Å². The van der Waals surface area contributed by atoms with E-state index in [1.807, 2.05) is 0 Å². The smallest absolute Gasteiger partial charge is 0.336 e. The molecule has 0 spiro atoms. The molecule has 2 aromatic carbocycles. The molecule has 20 heavy (non-hydrogen) atoms. The normalized spacial score (nSPS) is 10.8. The zero-order chi connectivity index (χ0) is 14.5. The topological polar surface area (TPSA) is 26.3 Å². The number of carbonyl (C=O) groups excluding carboxylic acids is 1. The van der Waals surface area contributed by atoms with Crippen molar-refractivity contribution in [2.24, 2.45) is 0 Å². The predicted molar refractivity (Wildman–Crippen MR) is 82.6 cm³/mol. The van der Waals surface area contributed by atoms with Crippen molar-refractivity contribution < 1.29 is 9.53 Å². The molecule has 0 saturated carbocycles. The predicted octanol–water partition coefficient (Wildman–Crippen LogP) is 5.27. The van der Waals surface area contributed by atoms with E-state index in [1.165, 1.54) is 6.08 Å². The molecule has 0 heterocycles. The fourth-order valence-corrected chi connectivity index (χ4v) is 2.04. The largest absolute Gasteiger partial charge is 0.423 e. The maximum Gasteiger partial charge on any atom is 0.336 e. The van der Waals surface area contributed by atoms with E-state index in [0.717, 1.165) is 0 Å². The van der Waals surface area contributed by atoms with Crippen LogP contribution in [0.1, 0.15) is 5.56 Å². The van der Waals surface area contributed by atoms with Crippen LogP contribution in [0.2, 0.25) is 15.1 Å². The third-order valence-corrected chi connectivity index (χ3v) is 3.21. The van der Waals surface area contributed by atoms with Crippen LogP contribution in [0.25, 0.3) is 6.08 Å². The highest BCUT2D eigenvalue weighted by Crippen LogP contribution is 2.22. The number of hydrogen-bond donors (Lipinski definition) is 0.